The van der Waals surface area contributed by atoms with Crippen molar-refractivity contribution in [2.24, 2.45) is 0 Å². The first-order valence-electron chi connectivity index (χ1n) is 19.5. The number of carbonyl (C=O) groups is 3. The third-order valence-electron chi connectivity index (χ3n) is 8.21. The largest absolute Gasteiger partial charge is 0.477 e. The van der Waals surface area contributed by atoms with Crippen LogP contribution in [0.25, 0.3) is 0 Å². The number of carbonyl (C=O) groups excluding carboxylic acids is 2. The summed E-state index contributed by atoms with van der Waals surface area (Å²) in [5.41, 5.74) is 0. The van der Waals surface area contributed by atoms with Gasteiger partial charge in [0.2, 0.25) is 0 Å². The summed E-state index contributed by atoms with van der Waals surface area (Å²) < 4.78 is 22.6. The maximum atomic E-state index is 12.7. The van der Waals surface area contributed by atoms with Gasteiger partial charge < -0.3 is 28.5 Å². The molecular formula is C40H74NO8+. The van der Waals surface area contributed by atoms with E-state index in [9.17, 15) is 19.5 Å². The fraction of sp³-hybridized carbons (Fsp3) is 0.825. The Labute approximate surface area is 299 Å². The second kappa shape index (κ2) is 32.9. The second-order valence-electron chi connectivity index (χ2n) is 14.2. The number of hydrogen-bond donors (Lipinski definition) is 1. The zero-order chi connectivity index (χ0) is 36.4. The number of unbranched alkanes of at least 4 members (excludes halogenated alkanes) is 16. The van der Waals surface area contributed by atoms with E-state index >= 15 is 0 Å². The Hall–Kier alpha value is -2.23. The molecule has 0 fully saturated rings. The molecule has 0 aromatic carbocycles. The summed E-state index contributed by atoms with van der Waals surface area (Å²) in [4.78, 5) is 36.8. The molecule has 0 rings (SSSR count). The molecule has 2 unspecified atom stereocenters. The predicted octanol–water partition coefficient (Wildman–Crippen LogP) is 9.33. The van der Waals surface area contributed by atoms with E-state index in [1.165, 1.54) is 64.2 Å². The van der Waals surface area contributed by atoms with Crippen molar-refractivity contribution in [2.45, 2.75) is 167 Å². The van der Waals surface area contributed by atoms with Crippen LogP contribution in [0, 0.1) is 0 Å². The number of aliphatic carboxylic acids is 1. The minimum atomic E-state index is -1.51. The van der Waals surface area contributed by atoms with Crippen LogP contribution in [-0.2, 0) is 33.3 Å². The molecule has 0 aliphatic carbocycles. The molecule has 0 heterocycles. The van der Waals surface area contributed by atoms with Crippen LogP contribution in [0.1, 0.15) is 155 Å². The summed E-state index contributed by atoms with van der Waals surface area (Å²) in [6, 6.07) is 0. The zero-order valence-electron chi connectivity index (χ0n) is 32.1. The Morgan fingerprint density at radius 3 is 1.65 bits per heavy atom. The van der Waals surface area contributed by atoms with Crippen molar-refractivity contribution in [3.8, 4) is 0 Å². The van der Waals surface area contributed by atoms with Gasteiger partial charge in [-0.1, -0.05) is 122 Å². The summed E-state index contributed by atoms with van der Waals surface area (Å²) in [5.74, 6) is -2.03. The lowest BCUT2D eigenvalue weighted by atomic mass is 10.1. The van der Waals surface area contributed by atoms with Gasteiger partial charge in [-0.05, 0) is 44.9 Å². The van der Waals surface area contributed by atoms with E-state index in [1.807, 2.05) is 21.1 Å². The highest BCUT2D eigenvalue weighted by Gasteiger charge is 2.25. The van der Waals surface area contributed by atoms with Crippen molar-refractivity contribution in [3.05, 3.63) is 24.3 Å². The number of quaternary nitrogens is 1. The van der Waals surface area contributed by atoms with Gasteiger partial charge in [-0.25, -0.2) is 4.79 Å². The number of nitrogens with zero attached hydrogens (tertiary/aromatic N) is 1. The van der Waals surface area contributed by atoms with E-state index in [1.54, 1.807) is 0 Å². The highest BCUT2D eigenvalue weighted by molar-refractivity contribution is 5.71. The minimum absolute atomic E-state index is 0.185. The monoisotopic (exact) mass is 697 g/mol. The normalized spacial score (nSPS) is 13.2. The third-order valence-corrected chi connectivity index (χ3v) is 8.21. The van der Waals surface area contributed by atoms with E-state index in [0.29, 0.717) is 23.9 Å². The van der Waals surface area contributed by atoms with Crippen molar-refractivity contribution < 1.29 is 42.9 Å². The summed E-state index contributed by atoms with van der Waals surface area (Å²) in [6.07, 6.45) is 29.5. The lowest BCUT2D eigenvalue weighted by Crippen LogP contribution is -2.40. The number of allylic oxidation sites excluding steroid dienone is 4. The molecule has 2 atom stereocenters. The Kier molecular flexibility index (Phi) is 31.4. The van der Waals surface area contributed by atoms with Gasteiger partial charge in [-0.3, -0.25) is 9.59 Å². The van der Waals surface area contributed by atoms with Gasteiger partial charge in [0.05, 0.1) is 34.4 Å². The number of ether oxygens (including phenoxy) is 4. The van der Waals surface area contributed by atoms with Gasteiger partial charge in [-0.15, -0.1) is 0 Å². The average molecular weight is 697 g/mol. The van der Waals surface area contributed by atoms with Gasteiger partial charge in [-0.2, -0.15) is 0 Å². The van der Waals surface area contributed by atoms with Crippen molar-refractivity contribution in [2.75, 3.05) is 47.5 Å². The van der Waals surface area contributed by atoms with Gasteiger partial charge in [0.15, 0.2) is 6.10 Å². The maximum absolute atomic E-state index is 12.7. The Morgan fingerprint density at radius 2 is 1.10 bits per heavy atom. The van der Waals surface area contributed by atoms with Crippen molar-refractivity contribution >= 4 is 17.9 Å². The molecule has 1 N–H and O–H groups in total. The molecule has 9 nitrogen and oxygen atoms in total. The lowest BCUT2D eigenvalue weighted by molar-refractivity contribution is -0.870. The Balaban J connectivity index is 4.54. The fourth-order valence-corrected chi connectivity index (χ4v) is 5.10. The quantitative estimate of drug-likeness (QED) is 0.0230. The number of hydrogen-bond acceptors (Lipinski definition) is 7. The van der Waals surface area contributed by atoms with Gasteiger partial charge >= 0.3 is 17.9 Å². The van der Waals surface area contributed by atoms with Crippen LogP contribution >= 0.6 is 0 Å². The summed E-state index contributed by atoms with van der Waals surface area (Å²) >= 11 is 0. The highest BCUT2D eigenvalue weighted by Crippen LogP contribution is 2.13. The number of carboxylic acids is 1. The molecule has 0 aliphatic rings. The Bertz CT molecular complexity index is 867. The van der Waals surface area contributed by atoms with E-state index in [0.717, 1.165) is 57.8 Å². The number of esters is 2. The average Bonchev–Trinajstić information content (AvgIpc) is 3.05. The highest BCUT2D eigenvalue weighted by atomic mass is 16.7. The van der Waals surface area contributed by atoms with Gasteiger partial charge in [0, 0.05) is 12.8 Å². The van der Waals surface area contributed by atoms with Crippen LogP contribution in [0.2, 0.25) is 0 Å². The molecular weight excluding hydrogens is 622 g/mol. The van der Waals surface area contributed by atoms with Crippen LogP contribution in [0.3, 0.4) is 0 Å². The predicted molar refractivity (Wildman–Crippen MR) is 198 cm³/mol. The Morgan fingerprint density at radius 1 is 0.612 bits per heavy atom. The van der Waals surface area contributed by atoms with Crippen LogP contribution < -0.4 is 0 Å². The fourth-order valence-electron chi connectivity index (χ4n) is 5.10. The van der Waals surface area contributed by atoms with Gasteiger partial charge in [0.1, 0.15) is 13.2 Å². The van der Waals surface area contributed by atoms with E-state index in [2.05, 4.69) is 38.2 Å². The van der Waals surface area contributed by atoms with Crippen molar-refractivity contribution in [1.29, 1.82) is 0 Å². The van der Waals surface area contributed by atoms with Crippen LogP contribution in [0.4, 0.5) is 0 Å². The molecule has 0 spiro atoms. The standard InChI is InChI=1S/C40H73NO8/c1-6-8-10-12-14-16-17-18-19-20-21-23-25-27-29-31-38(43)49-36(35-48-40(39(44)45)46-33-32-41(3,4)5)34-47-37(42)30-28-26-24-22-15-13-11-9-7-2/h14,16,18-19,36,40H,6-13,15,17,20-35H2,1-5H3/p+1/b16-14-,19-18-. The number of rotatable bonds is 35. The second-order valence-corrected chi connectivity index (χ2v) is 14.2. The summed E-state index contributed by atoms with van der Waals surface area (Å²) in [5, 5.41) is 9.58. The van der Waals surface area contributed by atoms with Gasteiger partial charge in [0.25, 0.3) is 6.29 Å². The van der Waals surface area contributed by atoms with Crippen LogP contribution in [-0.4, -0.2) is 87.4 Å². The first-order valence-corrected chi connectivity index (χ1v) is 19.5. The smallest absolute Gasteiger partial charge is 0.361 e. The molecule has 286 valence electrons. The first-order chi connectivity index (χ1) is 23.6. The maximum Gasteiger partial charge on any atom is 0.361 e. The molecule has 0 aliphatic heterocycles. The van der Waals surface area contributed by atoms with Crippen LogP contribution in [0.15, 0.2) is 24.3 Å². The van der Waals surface area contributed by atoms with E-state index < -0.39 is 24.3 Å². The molecule has 0 aromatic heterocycles. The molecule has 9 heteroatoms. The molecule has 0 aromatic rings. The molecule has 0 radical (unpaired) electrons. The van der Waals surface area contributed by atoms with E-state index in [4.69, 9.17) is 18.9 Å². The molecule has 0 amide bonds. The third kappa shape index (κ3) is 34.0. The molecule has 0 saturated carbocycles. The number of likely N-dealkylation sites (N-methyl/N-ethyl adjacent to an activating group) is 1. The number of carboxylic acid groups (broad SMARTS) is 1. The topological polar surface area (TPSA) is 108 Å². The molecule has 0 saturated heterocycles. The van der Waals surface area contributed by atoms with E-state index in [-0.39, 0.29) is 32.2 Å². The zero-order valence-corrected chi connectivity index (χ0v) is 32.1. The van der Waals surface area contributed by atoms with Crippen LogP contribution in [0.5, 0.6) is 0 Å². The lowest BCUT2D eigenvalue weighted by Gasteiger charge is -2.25. The minimum Gasteiger partial charge on any atom is -0.477 e. The van der Waals surface area contributed by atoms with Crippen molar-refractivity contribution in [3.63, 3.8) is 0 Å². The summed E-state index contributed by atoms with van der Waals surface area (Å²) in [6.45, 7) is 4.78. The summed E-state index contributed by atoms with van der Waals surface area (Å²) in [7, 11) is 5.94. The molecule has 49 heavy (non-hydrogen) atoms. The molecule has 0 bridgehead atoms. The van der Waals surface area contributed by atoms with Crippen molar-refractivity contribution in [1.82, 2.24) is 0 Å². The first kappa shape index (κ1) is 46.8. The SMILES string of the molecule is CCCCC/C=C\C/C=C\CCCCCCCC(=O)OC(COC(=O)CCCCCCCCCCC)COC(OCC[N+](C)(C)C)C(=O)O.